The first kappa shape index (κ1) is 15.8. The third-order valence-electron chi connectivity index (χ3n) is 4.07. The molecule has 0 aliphatic carbocycles. The van der Waals surface area contributed by atoms with Crippen LogP contribution in [0, 0.1) is 0 Å². The van der Waals surface area contributed by atoms with Crippen LogP contribution in [-0.2, 0) is 6.54 Å². The molecule has 0 amide bonds. The van der Waals surface area contributed by atoms with Crippen molar-refractivity contribution in [1.82, 2.24) is 10.2 Å². The first-order valence-corrected chi connectivity index (χ1v) is 8.24. The van der Waals surface area contributed by atoms with E-state index in [9.17, 15) is 5.11 Å². The molecule has 1 saturated heterocycles. The van der Waals surface area contributed by atoms with E-state index in [4.69, 9.17) is 4.74 Å². The number of ether oxygens (including phenoxy) is 1. The van der Waals surface area contributed by atoms with Gasteiger partial charge in [-0.2, -0.15) is 0 Å². The second kappa shape index (κ2) is 7.49. The van der Waals surface area contributed by atoms with Crippen molar-refractivity contribution in [1.29, 1.82) is 0 Å². The number of nitrogens with zero attached hydrogens (tertiary/aromatic N) is 1. The zero-order valence-electron chi connectivity index (χ0n) is 13.6. The highest BCUT2D eigenvalue weighted by Crippen LogP contribution is 2.29. The van der Waals surface area contributed by atoms with Gasteiger partial charge in [0.05, 0.1) is 6.61 Å². The van der Waals surface area contributed by atoms with E-state index >= 15 is 0 Å². The Bertz CT molecular complexity index is 652. The van der Waals surface area contributed by atoms with Crippen molar-refractivity contribution < 1.29 is 9.84 Å². The Morgan fingerprint density at radius 1 is 1.09 bits per heavy atom. The molecule has 3 rings (SSSR count). The summed E-state index contributed by atoms with van der Waals surface area (Å²) in [6.07, 6.45) is 0. The topological polar surface area (TPSA) is 44.7 Å². The highest BCUT2D eigenvalue weighted by atomic mass is 16.5. The number of hydrogen-bond acceptors (Lipinski definition) is 4. The van der Waals surface area contributed by atoms with Crippen molar-refractivity contribution in [2.75, 3.05) is 32.8 Å². The van der Waals surface area contributed by atoms with Crippen molar-refractivity contribution in [3.05, 3.63) is 48.0 Å². The van der Waals surface area contributed by atoms with E-state index < -0.39 is 0 Å². The minimum Gasteiger partial charge on any atom is -0.508 e. The third kappa shape index (κ3) is 4.24. The number of hydrogen-bond donors (Lipinski definition) is 2. The second-order valence-corrected chi connectivity index (χ2v) is 5.88. The molecule has 0 bridgehead atoms. The first-order valence-electron chi connectivity index (χ1n) is 8.24. The molecule has 1 aliphatic heterocycles. The fourth-order valence-corrected chi connectivity index (χ4v) is 2.98. The normalized spacial score (nSPS) is 15.5. The minimum atomic E-state index is 0.285. The smallest absolute Gasteiger partial charge is 0.120 e. The number of piperazine rings is 1. The summed E-state index contributed by atoms with van der Waals surface area (Å²) < 4.78 is 5.73. The van der Waals surface area contributed by atoms with Crippen molar-refractivity contribution >= 4 is 0 Å². The number of benzene rings is 2. The molecule has 4 heteroatoms. The molecule has 1 aliphatic rings. The van der Waals surface area contributed by atoms with Gasteiger partial charge < -0.3 is 15.2 Å². The van der Waals surface area contributed by atoms with Gasteiger partial charge in [0.2, 0.25) is 0 Å². The molecule has 0 atom stereocenters. The lowest BCUT2D eigenvalue weighted by molar-refractivity contribution is 0.233. The van der Waals surface area contributed by atoms with Gasteiger partial charge in [-0.15, -0.1) is 0 Å². The molecule has 0 aromatic heterocycles. The lowest BCUT2D eigenvalue weighted by atomic mass is 10.0. The molecular formula is C19H24N2O2. The molecule has 122 valence electrons. The van der Waals surface area contributed by atoms with Gasteiger partial charge in [-0.3, -0.25) is 4.90 Å². The molecule has 2 N–H and O–H groups in total. The van der Waals surface area contributed by atoms with Crippen LogP contribution in [0.2, 0.25) is 0 Å². The van der Waals surface area contributed by atoms with E-state index in [1.807, 2.05) is 25.1 Å². The van der Waals surface area contributed by atoms with Crippen LogP contribution in [0.1, 0.15) is 12.5 Å². The average Bonchev–Trinajstić information content (AvgIpc) is 2.56. The van der Waals surface area contributed by atoms with E-state index in [-0.39, 0.29) is 5.75 Å². The Labute approximate surface area is 137 Å². The summed E-state index contributed by atoms with van der Waals surface area (Å²) in [5.74, 6) is 1.17. The zero-order valence-corrected chi connectivity index (χ0v) is 13.6. The molecule has 0 radical (unpaired) electrons. The summed E-state index contributed by atoms with van der Waals surface area (Å²) in [4.78, 5) is 2.45. The van der Waals surface area contributed by atoms with Crippen LogP contribution in [0.25, 0.3) is 11.1 Å². The fraction of sp³-hybridized carbons (Fsp3) is 0.368. The van der Waals surface area contributed by atoms with Gasteiger partial charge in [-0.05, 0) is 53.9 Å². The van der Waals surface area contributed by atoms with Gasteiger partial charge >= 0.3 is 0 Å². The Balaban J connectivity index is 1.89. The Kier molecular flexibility index (Phi) is 5.16. The van der Waals surface area contributed by atoms with E-state index in [0.717, 1.165) is 49.6 Å². The van der Waals surface area contributed by atoms with Gasteiger partial charge in [-0.25, -0.2) is 0 Å². The lowest BCUT2D eigenvalue weighted by Gasteiger charge is -2.27. The Hall–Kier alpha value is -2.04. The molecule has 2 aromatic rings. The van der Waals surface area contributed by atoms with Crippen molar-refractivity contribution in [3.8, 4) is 22.6 Å². The van der Waals surface area contributed by atoms with E-state index in [1.165, 1.54) is 5.56 Å². The van der Waals surface area contributed by atoms with Crippen LogP contribution >= 0.6 is 0 Å². The average molecular weight is 312 g/mol. The summed E-state index contributed by atoms with van der Waals surface area (Å²) in [5.41, 5.74) is 3.33. The van der Waals surface area contributed by atoms with Crippen molar-refractivity contribution in [2.24, 2.45) is 0 Å². The summed E-state index contributed by atoms with van der Waals surface area (Å²) >= 11 is 0. The molecule has 1 fully saturated rings. The Morgan fingerprint density at radius 3 is 2.65 bits per heavy atom. The maximum atomic E-state index is 9.73. The van der Waals surface area contributed by atoms with E-state index in [0.29, 0.717) is 6.61 Å². The number of aromatic hydroxyl groups is 1. The number of phenols is 1. The standard InChI is InChI=1S/C19H24N2O2/c1-2-23-19-11-15(14-21-8-6-20-7-9-21)10-17(13-19)16-4-3-5-18(22)12-16/h3-5,10-13,20,22H,2,6-9,14H2,1H3. The molecule has 0 saturated carbocycles. The van der Waals surface area contributed by atoms with E-state index in [2.05, 4.69) is 22.3 Å². The third-order valence-corrected chi connectivity index (χ3v) is 4.07. The summed E-state index contributed by atoms with van der Waals surface area (Å²) in [5, 5.41) is 13.1. The molecule has 1 heterocycles. The predicted octanol–water partition coefficient (Wildman–Crippen LogP) is 2.86. The van der Waals surface area contributed by atoms with Crippen LogP contribution in [-0.4, -0.2) is 42.8 Å². The fourth-order valence-electron chi connectivity index (χ4n) is 2.98. The highest BCUT2D eigenvalue weighted by Gasteiger charge is 2.12. The minimum absolute atomic E-state index is 0.285. The second-order valence-electron chi connectivity index (χ2n) is 5.88. The van der Waals surface area contributed by atoms with Crippen LogP contribution in [0.15, 0.2) is 42.5 Å². The first-order chi connectivity index (χ1) is 11.2. The monoisotopic (exact) mass is 312 g/mol. The van der Waals surface area contributed by atoms with Crippen LogP contribution in [0.4, 0.5) is 0 Å². The number of rotatable bonds is 5. The molecule has 0 unspecified atom stereocenters. The predicted molar refractivity (Wildman–Crippen MR) is 92.9 cm³/mol. The SMILES string of the molecule is CCOc1cc(CN2CCNCC2)cc(-c2cccc(O)c2)c1. The maximum absolute atomic E-state index is 9.73. The summed E-state index contributed by atoms with van der Waals surface area (Å²) in [7, 11) is 0. The van der Waals surface area contributed by atoms with Crippen LogP contribution < -0.4 is 10.1 Å². The van der Waals surface area contributed by atoms with Crippen LogP contribution in [0.5, 0.6) is 11.5 Å². The van der Waals surface area contributed by atoms with Crippen molar-refractivity contribution in [3.63, 3.8) is 0 Å². The van der Waals surface area contributed by atoms with Gasteiger partial charge in [0.1, 0.15) is 11.5 Å². The van der Waals surface area contributed by atoms with Crippen molar-refractivity contribution in [2.45, 2.75) is 13.5 Å². The maximum Gasteiger partial charge on any atom is 0.120 e. The zero-order chi connectivity index (χ0) is 16.1. The highest BCUT2D eigenvalue weighted by molar-refractivity contribution is 5.67. The van der Waals surface area contributed by atoms with Gasteiger partial charge in [0, 0.05) is 32.7 Å². The number of nitrogens with one attached hydrogen (secondary N) is 1. The molecule has 4 nitrogen and oxygen atoms in total. The van der Waals surface area contributed by atoms with Gasteiger partial charge in [-0.1, -0.05) is 12.1 Å². The molecular weight excluding hydrogens is 288 g/mol. The summed E-state index contributed by atoms with van der Waals surface area (Å²) in [6.45, 7) is 7.80. The lowest BCUT2D eigenvalue weighted by Crippen LogP contribution is -2.42. The largest absolute Gasteiger partial charge is 0.508 e. The number of phenolic OH excluding ortho intramolecular Hbond substituents is 1. The molecule has 23 heavy (non-hydrogen) atoms. The van der Waals surface area contributed by atoms with Gasteiger partial charge in [0.25, 0.3) is 0 Å². The summed E-state index contributed by atoms with van der Waals surface area (Å²) in [6, 6.07) is 13.7. The van der Waals surface area contributed by atoms with E-state index in [1.54, 1.807) is 12.1 Å². The van der Waals surface area contributed by atoms with Crippen LogP contribution in [0.3, 0.4) is 0 Å². The Morgan fingerprint density at radius 2 is 1.91 bits per heavy atom. The van der Waals surface area contributed by atoms with Gasteiger partial charge in [0.15, 0.2) is 0 Å². The molecule has 2 aromatic carbocycles. The molecule has 0 spiro atoms. The quantitative estimate of drug-likeness (QED) is 0.891.